The highest BCUT2D eigenvalue weighted by Gasteiger charge is 2.40. The first-order chi connectivity index (χ1) is 9.09. The lowest BCUT2D eigenvalue weighted by atomic mass is 10.2. The summed E-state index contributed by atoms with van der Waals surface area (Å²) in [7, 11) is -3.01. The van der Waals surface area contributed by atoms with Gasteiger partial charge in [-0.15, -0.1) is 0 Å². The van der Waals surface area contributed by atoms with Crippen molar-refractivity contribution >= 4 is 31.6 Å². The third kappa shape index (κ3) is 2.66. The van der Waals surface area contributed by atoms with E-state index >= 15 is 0 Å². The lowest BCUT2D eigenvalue weighted by Crippen LogP contribution is -2.49. The molecule has 0 radical (unpaired) electrons. The predicted octanol–water partition coefficient (Wildman–Crippen LogP) is 2.06. The average Bonchev–Trinajstić information content (AvgIpc) is 3.24. The summed E-state index contributed by atoms with van der Waals surface area (Å²) in [5, 5.41) is -0.0949. The molecule has 19 heavy (non-hydrogen) atoms. The van der Waals surface area contributed by atoms with E-state index < -0.39 is 10.0 Å². The molecule has 0 bridgehead atoms. The SMILES string of the molecule is O=S(=O)(C1CC1)N1CCN(c2ccccc2Br)CC1. The van der Waals surface area contributed by atoms with E-state index in [2.05, 4.69) is 26.9 Å². The van der Waals surface area contributed by atoms with Crippen LogP contribution in [-0.2, 0) is 10.0 Å². The second kappa shape index (κ2) is 5.07. The second-order valence-electron chi connectivity index (χ2n) is 5.08. The average molecular weight is 345 g/mol. The zero-order valence-corrected chi connectivity index (χ0v) is 13.0. The molecule has 0 unspecified atom stereocenters. The fourth-order valence-electron chi connectivity index (χ4n) is 2.47. The fraction of sp³-hybridized carbons (Fsp3) is 0.538. The quantitative estimate of drug-likeness (QED) is 0.842. The van der Waals surface area contributed by atoms with E-state index in [0.29, 0.717) is 13.1 Å². The monoisotopic (exact) mass is 344 g/mol. The number of hydrogen-bond donors (Lipinski definition) is 0. The van der Waals surface area contributed by atoms with Crippen LogP contribution in [0.5, 0.6) is 0 Å². The van der Waals surface area contributed by atoms with Gasteiger partial charge in [0.05, 0.1) is 10.9 Å². The molecule has 6 heteroatoms. The van der Waals surface area contributed by atoms with E-state index in [4.69, 9.17) is 0 Å². The molecule has 1 aliphatic carbocycles. The molecule has 2 fully saturated rings. The molecule has 0 amide bonds. The fourth-order valence-corrected chi connectivity index (χ4v) is 4.83. The molecule has 3 rings (SSSR count). The number of rotatable bonds is 3. The van der Waals surface area contributed by atoms with Crippen molar-refractivity contribution < 1.29 is 8.42 Å². The molecule has 0 aromatic heterocycles. The van der Waals surface area contributed by atoms with E-state index in [1.807, 2.05) is 18.2 Å². The Labute approximate surface area is 122 Å². The Morgan fingerprint density at radius 2 is 1.68 bits per heavy atom. The van der Waals surface area contributed by atoms with Gasteiger partial charge in [0.15, 0.2) is 0 Å². The maximum absolute atomic E-state index is 12.2. The van der Waals surface area contributed by atoms with Crippen molar-refractivity contribution in [3.05, 3.63) is 28.7 Å². The maximum atomic E-state index is 12.2. The highest BCUT2D eigenvalue weighted by molar-refractivity contribution is 9.10. The van der Waals surface area contributed by atoms with Gasteiger partial charge < -0.3 is 4.90 Å². The first-order valence-electron chi connectivity index (χ1n) is 6.57. The number of anilines is 1. The van der Waals surface area contributed by atoms with Gasteiger partial charge in [-0.25, -0.2) is 8.42 Å². The topological polar surface area (TPSA) is 40.6 Å². The molecule has 2 aliphatic rings. The van der Waals surface area contributed by atoms with Gasteiger partial charge in [-0.3, -0.25) is 0 Å². The van der Waals surface area contributed by atoms with Crippen LogP contribution in [0.1, 0.15) is 12.8 Å². The zero-order chi connectivity index (χ0) is 13.5. The summed E-state index contributed by atoms with van der Waals surface area (Å²) in [5.74, 6) is 0. The van der Waals surface area contributed by atoms with Crippen LogP contribution in [-0.4, -0.2) is 44.2 Å². The Hall–Kier alpha value is -0.590. The Balaban J connectivity index is 1.68. The van der Waals surface area contributed by atoms with Crippen molar-refractivity contribution in [2.45, 2.75) is 18.1 Å². The predicted molar refractivity (Wildman–Crippen MR) is 79.9 cm³/mol. The molecule has 1 saturated heterocycles. The number of nitrogens with zero attached hydrogens (tertiary/aromatic N) is 2. The number of sulfonamides is 1. The summed E-state index contributed by atoms with van der Waals surface area (Å²) in [5.41, 5.74) is 1.14. The first-order valence-corrected chi connectivity index (χ1v) is 8.87. The van der Waals surface area contributed by atoms with Crippen LogP contribution in [0.2, 0.25) is 0 Å². The largest absolute Gasteiger partial charge is 0.368 e. The van der Waals surface area contributed by atoms with Gasteiger partial charge in [0.2, 0.25) is 10.0 Å². The molecule has 0 atom stereocenters. The van der Waals surface area contributed by atoms with Crippen molar-refractivity contribution in [2.24, 2.45) is 0 Å². The van der Waals surface area contributed by atoms with E-state index in [-0.39, 0.29) is 5.25 Å². The van der Waals surface area contributed by atoms with Crippen molar-refractivity contribution in [1.82, 2.24) is 4.31 Å². The van der Waals surface area contributed by atoms with Crippen LogP contribution in [0.15, 0.2) is 28.7 Å². The van der Waals surface area contributed by atoms with E-state index in [1.54, 1.807) is 4.31 Å². The Kier molecular flexibility index (Phi) is 3.57. The Bertz CT molecular complexity index is 564. The molecule has 4 nitrogen and oxygen atoms in total. The summed E-state index contributed by atoms with van der Waals surface area (Å²) < 4.78 is 27.0. The molecular weight excluding hydrogens is 328 g/mol. The van der Waals surface area contributed by atoms with Crippen LogP contribution in [0, 0.1) is 0 Å². The maximum Gasteiger partial charge on any atom is 0.217 e. The third-order valence-corrected chi connectivity index (χ3v) is 6.81. The van der Waals surface area contributed by atoms with E-state index in [1.165, 1.54) is 0 Å². The van der Waals surface area contributed by atoms with Gasteiger partial charge in [0, 0.05) is 30.7 Å². The normalized spacial score (nSPS) is 21.6. The summed E-state index contributed by atoms with van der Waals surface area (Å²) in [6.07, 6.45) is 1.68. The molecule has 1 aromatic rings. The smallest absolute Gasteiger partial charge is 0.217 e. The molecule has 0 spiro atoms. The Morgan fingerprint density at radius 1 is 1.05 bits per heavy atom. The van der Waals surface area contributed by atoms with Crippen LogP contribution < -0.4 is 4.90 Å². The lowest BCUT2D eigenvalue weighted by molar-refractivity contribution is 0.384. The minimum Gasteiger partial charge on any atom is -0.368 e. The Morgan fingerprint density at radius 3 is 2.26 bits per heavy atom. The highest BCUT2D eigenvalue weighted by Crippen LogP contribution is 2.32. The van der Waals surface area contributed by atoms with Gasteiger partial charge in [0.25, 0.3) is 0 Å². The first kappa shape index (κ1) is 13.4. The zero-order valence-electron chi connectivity index (χ0n) is 10.6. The molecule has 1 heterocycles. The lowest BCUT2D eigenvalue weighted by Gasteiger charge is -2.35. The number of hydrogen-bond acceptors (Lipinski definition) is 3. The van der Waals surface area contributed by atoms with Gasteiger partial charge in [0.1, 0.15) is 0 Å². The van der Waals surface area contributed by atoms with Crippen molar-refractivity contribution in [3.63, 3.8) is 0 Å². The van der Waals surface area contributed by atoms with Gasteiger partial charge in [-0.2, -0.15) is 4.31 Å². The van der Waals surface area contributed by atoms with Crippen LogP contribution in [0.4, 0.5) is 5.69 Å². The standard InChI is InChI=1S/C13H17BrN2O2S/c14-12-3-1-2-4-13(12)15-7-9-16(10-8-15)19(17,18)11-5-6-11/h1-4,11H,5-10H2. The molecule has 0 N–H and O–H groups in total. The van der Waals surface area contributed by atoms with Gasteiger partial charge in [-0.05, 0) is 40.9 Å². The van der Waals surface area contributed by atoms with Crippen LogP contribution >= 0.6 is 15.9 Å². The molecule has 1 aromatic carbocycles. The number of halogens is 1. The number of piperazine rings is 1. The molecule has 1 aliphatic heterocycles. The van der Waals surface area contributed by atoms with Gasteiger partial charge >= 0.3 is 0 Å². The summed E-state index contributed by atoms with van der Waals surface area (Å²) in [4.78, 5) is 2.24. The molecule has 104 valence electrons. The van der Waals surface area contributed by atoms with Crippen LogP contribution in [0.3, 0.4) is 0 Å². The van der Waals surface area contributed by atoms with E-state index in [9.17, 15) is 8.42 Å². The van der Waals surface area contributed by atoms with Crippen molar-refractivity contribution in [2.75, 3.05) is 31.1 Å². The van der Waals surface area contributed by atoms with Crippen molar-refractivity contribution in [1.29, 1.82) is 0 Å². The minimum atomic E-state index is -3.01. The highest BCUT2D eigenvalue weighted by atomic mass is 79.9. The van der Waals surface area contributed by atoms with E-state index in [0.717, 1.165) is 36.1 Å². The van der Waals surface area contributed by atoms with Crippen LogP contribution in [0.25, 0.3) is 0 Å². The minimum absolute atomic E-state index is 0.0949. The number of benzene rings is 1. The number of para-hydroxylation sites is 1. The van der Waals surface area contributed by atoms with Gasteiger partial charge in [-0.1, -0.05) is 12.1 Å². The molecule has 1 saturated carbocycles. The van der Waals surface area contributed by atoms with Crippen molar-refractivity contribution in [3.8, 4) is 0 Å². The summed E-state index contributed by atoms with van der Waals surface area (Å²) in [6.45, 7) is 2.71. The summed E-state index contributed by atoms with van der Waals surface area (Å²) in [6, 6.07) is 8.08. The molecular formula is C13H17BrN2O2S. The summed E-state index contributed by atoms with van der Waals surface area (Å²) >= 11 is 3.55. The third-order valence-electron chi connectivity index (χ3n) is 3.74. The second-order valence-corrected chi connectivity index (χ2v) is 8.15.